The van der Waals surface area contributed by atoms with Crippen molar-refractivity contribution in [3.63, 3.8) is 0 Å². The van der Waals surface area contributed by atoms with E-state index in [4.69, 9.17) is 5.21 Å². The zero-order valence-corrected chi connectivity index (χ0v) is 7.02. The van der Waals surface area contributed by atoms with E-state index in [0.29, 0.717) is 0 Å². The molecule has 1 aliphatic rings. The summed E-state index contributed by atoms with van der Waals surface area (Å²) in [7, 11) is 0. The van der Waals surface area contributed by atoms with Crippen LogP contribution < -0.4 is 0 Å². The van der Waals surface area contributed by atoms with Crippen LogP contribution in [0.2, 0.25) is 0 Å². The van der Waals surface area contributed by atoms with Crippen molar-refractivity contribution >= 4 is 30.7 Å². The molecule has 61 valence electrons. The number of rotatable bonds is 0. The van der Waals surface area contributed by atoms with E-state index in [-0.39, 0.29) is 35.1 Å². The first kappa shape index (κ1) is 10.0. The molecule has 0 aromatic heterocycles. The number of hydroxylamine groups is 2. The van der Waals surface area contributed by atoms with Crippen molar-refractivity contribution in [2.24, 2.45) is 0 Å². The Bertz CT molecular complexity index is 342. The second kappa shape index (κ2) is 3.34. The van der Waals surface area contributed by atoms with Crippen LogP contribution in [-0.4, -0.2) is 40.9 Å². The van der Waals surface area contributed by atoms with E-state index in [2.05, 4.69) is 0 Å². The third-order valence-corrected chi connectivity index (χ3v) is 1.77. The Balaban J connectivity index is 0.000000845. The molecule has 1 N–H and O–H groups in total. The molecule has 2 rings (SSSR count). The van der Waals surface area contributed by atoms with Crippen molar-refractivity contribution in [2.45, 2.75) is 0 Å². The second-order valence-corrected chi connectivity index (χ2v) is 2.47. The zero-order valence-electron chi connectivity index (χ0n) is 7.02. The molecule has 1 radical (unpaired) electrons. The van der Waals surface area contributed by atoms with Crippen LogP contribution in [0.5, 0.6) is 0 Å². The summed E-state index contributed by atoms with van der Waals surface area (Å²) >= 11 is 0. The molecule has 0 bridgehead atoms. The predicted octanol–water partition coefficient (Wildman–Crippen LogP) is 0.291. The fourth-order valence-electron chi connectivity index (χ4n) is 1.18. The number of fused-ring (bicyclic) bond motifs is 1. The number of carbonyl (C=O) groups excluding carboxylic acids is 2. The number of hydrogen-bond acceptors (Lipinski definition) is 3. The zero-order chi connectivity index (χ0) is 8.72. The molecule has 5 heteroatoms. The largest absolute Gasteiger partial charge is 0.285 e. The van der Waals surface area contributed by atoms with Crippen molar-refractivity contribution in [3.8, 4) is 0 Å². The summed E-state index contributed by atoms with van der Waals surface area (Å²) in [6, 6.07) is 6.30. The van der Waals surface area contributed by atoms with Gasteiger partial charge in [-0.05, 0) is 12.1 Å². The molecule has 1 aromatic rings. The van der Waals surface area contributed by atoms with E-state index in [1.807, 2.05) is 0 Å². The fraction of sp³-hybridized carbons (Fsp3) is 0. The van der Waals surface area contributed by atoms with E-state index in [9.17, 15) is 9.59 Å². The molecule has 0 saturated heterocycles. The summed E-state index contributed by atoms with van der Waals surface area (Å²) in [6.45, 7) is 0. The molecule has 1 aliphatic heterocycles. The normalized spacial score (nSPS) is 14.1. The summed E-state index contributed by atoms with van der Waals surface area (Å²) in [4.78, 5) is 22.1. The average Bonchev–Trinajstić information content (AvgIpc) is 2.33. The van der Waals surface area contributed by atoms with Gasteiger partial charge >= 0.3 is 0 Å². The van der Waals surface area contributed by atoms with E-state index < -0.39 is 11.8 Å². The van der Waals surface area contributed by atoms with Gasteiger partial charge in [0.15, 0.2) is 0 Å². The quantitative estimate of drug-likeness (QED) is 0.346. The van der Waals surface area contributed by atoms with Crippen LogP contribution in [0.4, 0.5) is 0 Å². The Morgan fingerprint density at radius 1 is 1.00 bits per heavy atom. The molecule has 1 aromatic carbocycles. The molecule has 0 atom stereocenters. The van der Waals surface area contributed by atoms with Gasteiger partial charge in [-0.1, -0.05) is 12.1 Å². The van der Waals surface area contributed by atoms with Gasteiger partial charge in [0.05, 0.1) is 11.1 Å². The first-order valence-corrected chi connectivity index (χ1v) is 3.38. The first-order chi connectivity index (χ1) is 5.72. The summed E-state index contributed by atoms with van der Waals surface area (Å²) in [5.41, 5.74) is 0.509. The van der Waals surface area contributed by atoms with Gasteiger partial charge in [0.2, 0.25) is 0 Å². The van der Waals surface area contributed by atoms with Gasteiger partial charge in [-0.2, -0.15) is 0 Å². The molecular formula is C8H5LiNO3. The van der Waals surface area contributed by atoms with E-state index in [1.54, 1.807) is 12.1 Å². The van der Waals surface area contributed by atoms with Crippen molar-refractivity contribution in [1.29, 1.82) is 0 Å². The van der Waals surface area contributed by atoms with Gasteiger partial charge in [-0.15, -0.1) is 5.06 Å². The number of hydrogen-bond donors (Lipinski definition) is 1. The standard InChI is InChI=1S/C8H5NO3.Li/c10-7-5-3-1-2-4-6(5)8(11)9(7)12;/h1-4,12H;. The molecule has 0 unspecified atom stereocenters. The number of nitrogens with zero attached hydrogens (tertiary/aromatic N) is 1. The van der Waals surface area contributed by atoms with Crippen molar-refractivity contribution in [3.05, 3.63) is 35.4 Å². The first-order valence-electron chi connectivity index (χ1n) is 3.38. The van der Waals surface area contributed by atoms with Crippen molar-refractivity contribution < 1.29 is 14.8 Å². The molecule has 0 saturated carbocycles. The molecule has 13 heavy (non-hydrogen) atoms. The van der Waals surface area contributed by atoms with Crippen LogP contribution in [0.25, 0.3) is 0 Å². The van der Waals surface area contributed by atoms with Crippen LogP contribution in [0, 0.1) is 0 Å². The van der Waals surface area contributed by atoms with E-state index >= 15 is 0 Å². The SMILES string of the molecule is O=C1c2ccccc2C(=O)N1O.[Li]. The van der Waals surface area contributed by atoms with Gasteiger partial charge in [0, 0.05) is 18.9 Å². The minimum atomic E-state index is -0.657. The second-order valence-electron chi connectivity index (χ2n) is 2.47. The Labute approximate surface area is 86.3 Å². The van der Waals surface area contributed by atoms with Crippen molar-refractivity contribution in [1.82, 2.24) is 5.06 Å². The van der Waals surface area contributed by atoms with Crippen LogP contribution in [0.1, 0.15) is 20.7 Å². The third-order valence-electron chi connectivity index (χ3n) is 1.77. The van der Waals surface area contributed by atoms with Gasteiger partial charge in [-0.25, -0.2) is 0 Å². The smallest absolute Gasteiger partial charge is 0.278 e. The van der Waals surface area contributed by atoms with Gasteiger partial charge in [0.1, 0.15) is 0 Å². The maximum atomic E-state index is 11.1. The van der Waals surface area contributed by atoms with Gasteiger partial charge in [-0.3, -0.25) is 14.8 Å². The minimum absolute atomic E-state index is 0. The molecule has 0 spiro atoms. The average molecular weight is 170 g/mol. The molecule has 4 nitrogen and oxygen atoms in total. The van der Waals surface area contributed by atoms with E-state index in [1.165, 1.54) is 12.1 Å². The van der Waals surface area contributed by atoms with Crippen molar-refractivity contribution in [2.75, 3.05) is 0 Å². The molecule has 2 amide bonds. The Hall–Kier alpha value is -1.08. The molecule has 1 heterocycles. The Kier molecular flexibility index (Phi) is 2.57. The monoisotopic (exact) mass is 170 g/mol. The number of benzene rings is 1. The summed E-state index contributed by atoms with van der Waals surface area (Å²) in [5.74, 6) is -1.31. The number of imide groups is 1. The fourth-order valence-corrected chi connectivity index (χ4v) is 1.18. The molecule has 0 aliphatic carbocycles. The van der Waals surface area contributed by atoms with Crippen LogP contribution in [0.15, 0.2) is 24.3 Å². The summed E-state index contributed by atoms with van der Waals surface area (Å²) < 4.78 is 0. The topological polar surface area (TPSA) is 57.6 Å². The number of carbonyl (C=O) groups is 2. The number of amides is 2. The van der Waals surface area contributed by atoms with Crippen LogP contribution in [0.3, 0.4) is 0 Å². The maximum Gasteiger partial charge on any atom is 0.285 e. The van der Waals surface area contributed by atoms with Crippen LogP contribution >= 0.6 is 0 Å². The summed E-state index contributed by atoms with van der Waals surface area (Å²) in [5, 5.41) is 9.05. The Morgan fingerprint density at radius 2 is 1.38 bits per heavy atom. The van der Waals surface area contributed by atoms with Gasteiger partial charge < -0.3 is 0 Å². The molecular weight excluding hydrogens is 165 g/mol. The predicted molar refractivity (Wildman–Crippen MR) is 44.5 cm³/mol. The van der Waals surface area contributed by atoms with Gasteiger partial charge in [0.25, 0.3) is 11.8 Å². The summed E-state index contributed by atoms with van der Waals surface area (Å²) in [6.07, 6.45) is 0. The third kappa shape index (κ3) is 1.29. The Morgan fingerprint density at radius 3 is 1.77 bits per heavy atom. The van der Waals surface area contributed by atoms with Crippen LogP contribution in [-0.2, 0) is 0 Å². The minimum Gasteiger partial charge on any atom is -0.278 e. The van der Waals surface area contributed by atoms with E-state index in [0.717, 1.165) is 0 Å². The maximum absolute atomic E-state index is 11.1. The molecule has 0 fully saturated rings.